The molecule has 0 aliphatic rings. The van der Waals surface area contributed by atoms with Gasteiger partial charge in [0.25, 0.3) is 5.91 Å². The fraction of sp³-hybridized carbons (Fsp3) is 0.105. The predicted molar refractivity (Wildman–Crippen MR) is 96.7 cm³/mol. The molecule has 0 aliphatic heterocycles. The lowest BCUT2D eigenvalue weighted by Gasteiger charge is -2.09. The molecule has 0 radical (unpaired) electrons. The number of pyridine rings is 2. The predicted octanol–water partition coefficient (Wildman–Crippen LogP) is 3.35. The Balaban J connectivity index is 1.64. The molecule has 0 atom stereocenters. The number of carbonyl (C=O) groups is 1. The standard InChI is InChI=1S/C19H18N4O2/c1-25-17-6-4-15(5-7-17)23-19(24)18-11-16(8-10-21-18)22-13-14-3-2-9-20-12-14/h2-12H,13H2,1H3,(H,21,22)(H,23,24). The Morgan fingerprint density at radius 1 is 1.08 bits per heavy atom. The summed E-state index contributed by atoms with van der Waals surface area (Å²) in [4.78, 5) is 20.6. The van der Waals surface area contributed by atoms with Gasteiger partial charge in [-0.05, 0) is 48.0 Å². The molecule has 0 spiro atoms. The van der Waals surface area contributed by atoms with Crippen LogP contribution in [0, 0.1) is 0 Å². The van der Waals surface area contributed by atoms with Crippen LogP contribution in [0.4, 0.5) is 11.4 Å². The minimum Gasteiger partial charge on any atom is -0.497 e. The number of ether oxygens (including phenoxy) is 1. The van der Waals surface area contributed by atoms with Gasteiger partial charge in [-0.15, -0.1) is 0 Å². The van der Waals surface area contributed by atoms with Gasteiger partial charge in [0.05, 0.1) is 7.11 Å². The van der Waals surface area contributed by atoms with Crippen LogP contribution in [-0.4, -0.2) is 23.0 Å². The first-order valence-electron chi connectivity index (χ1n) is 7.79. The van der Waals surface area contributed by atoms with E-state index in [1.807, 2.05) is 18.2 Å². The molecule has 0 saturated heterocycles. The second-order valence-electron chi connectivity index (χ2n) is 5.33. The number of nitrogens with zero attached hydrogens (tertiary/aromatic N) is 2. The molecular weight excluding hydrogens is 316 g/mol. The number of hydrogen-bond acceptors (Lipinski definition) is 5. The summed E-state index contributed by atoms with van der Waals surface area (Å²) in [5.41, 5.74) is 2.90. The summed E-state index contributed by atoms with van der Waals surface area (Å²) in [6, 6.07) is 14.5. The van der Waals surface area contributed by atoms with Gasteiger partial charge < -0.3 is 15.4 Å². The van der Waals surface area contributed by atoms with Crippen LogP contribution in [0.1, 0.15) is 16.1 Å². The second kappa shape index (κ2) is 7.92. The van der Waals surface area contributed by atoms with Crippen molar-refractivity contribution in [1.82, 2.24) is 9.97 Å². The molecule has 126 valence electrons. The number of carbonyl (C=O) groups excluding carboxylic acids is 1. The van der Waals surface area contributed by atoms with Gasteiger partial charge in [0.15, 0.2) is 0 Å². The van der Waals surface area contributed by atoms with Gasteiger partial charge in [-0.25, -0.2) is 0 Å². The number of nitrogens with one attached hydrogen (secondary N) is 2. The van der Waals surface area contributed by atoms with Crippen molar-refractivity contribution >= 4 is 17.3 Å². The Morgan fingerprint density at radius 3 is 2.64 bits per heavy atom. The maximum absolute atomic E-state index is 12.4. The number of methoxy groups -OCH3 is 1. The quantitative estimate of drug-likeness (QED) is 0.723. The smallest absolute Gasteiger partial charge is 0.274 e. The Bertz CT molecular complexity index is 836. The van der Waals surface area contributed by atoms with Crippen molar-refractivity contribution in [3.63, 3.8) is 0 Å². The van der Waals surface area contributed by atoms with Crippen LogP contribution in [0.25, 0.3) is 0 Å². The first kappa shape index (κ1) is 16.4. The van der Waals surface area contributed by atoms with E-state index in [0.717, 1.165) is 17.0 Å². The zero-order chi connectivity index (χ0) is 17.5. The summed E-state index contributed by atoms with van der Waals surface area (Å²) in [6.45, 7) is 0.622. The van der Waals surface area contributed by atoms with Crippen LogP contribution < -0.4 is 15.4 Å². The normalized spacial score (nSPS) is 10.1. The first-order chi connectivity index (χ1) is 12.2. The van der Waals surface area contributed by atoms with Crippen molar-refractivity contribution in [2.75, 3.05) is 17.7 Å². The van der Waals surface area contributed by atoms with Gasteiger partial charge in [0.1, 0.15) is 11.4 Å². The Morgan fingerprint density at radius 2 is 1.92 bits per heavy atom. The molecule has 0 aliphatic carbocycles. The number of rotatable bonds is 6. The molecule has 6 nitrogen and oxygen atoms in total. The van der Waals surface area contributed by atoms with E-state index in [0.29, 0.717) is 17.9 Å². The van der Waals surface area contributed by atoms with E-state index in [9.17, 15) is 4.79 Å². The van der Waals surface area contributed by atoms with E-state index in [1.165, 1.54) is 0 Å². The molecule has 3 aromatic rings. The fourth-order valence-electron chi connectivity index (χ4n) is 2.24. The fourth-order valence-corrected chi connectivity index (χ4v) is 2.24. The third kappa shape index (κ3) is 4.54. The lowest BCUT2D eigenvalue weighted by molar-refractivity contribution is 0.102. The van der Waals surface area contributed by atoms with Gasteiger partial charge in [-0.2, -0.15) is 0 Å². The van der Waals surface area contributed by atoms with E-state index in [-0.39, 0.29) is 5.91 Å². The number of anilines is 2. The minimum atomic E-state index is -0.268. The largest absolute Gasteiger partial charge is 0.497 e. The Kier molecular flexibility index (Phi) is 5.21. The summed E-state index contributed by atoms with van der Waals surface area (Å²) in [7, 11) is 1.60. The lowest BCUT2D eigenvalue weighted by atomic mass is 10.2. The third-order valence-electron chi connectivity index (χ3n) is 3.56. The van der Waals surface area contributed by atoms with E-state index in [2.05, 4.69) is 20.6 Å². The number of benzene rings is 1. The van der Waals surface area contributed by atoms with Crippen LogP contribution in [0.15, 0.2) is 67.1 Å². The van der Waals surface area contributed by atoms with E-state index in [1.54, 1.807) is 56.0 Å². The maximum Gasteiger partial charge on any atom is 0.274 e. The Labute approximate surface area is 145 Å². The van der Waals surface area contributed by atoms with E-state index in [4.69, 9.17) is 4.74 Å². The summed E-state index contributed by atoms with van der Waals surface area (Å²) in [5.74, 6) is 0.466. The molecule has 1 amide bonds. The van der Waals surface area contributed by atoms with Gasteiger partial charge in [0.2, 0.25) is 0 Å². The monoisotopic (exact) mass is 334 g/mol. The summed E-state index contributed by atoms with van der Waals surface area (Å²) in [6.07, 6.45) is 5.14. The summed E-state index contributed by atoms with van der Waals surface area (Å²) < 4.78 is 5.10. The van der Waals surface area contributed by atoms with Gasteiger partial charge in [-0.3, -0.25) is 14.8 Å². The maximum atomic E-state index is 12.4. The second-order valence-corrected chi connectivity index (χ2v) is 5.33. The molecule has 0 unspecified atom stereocenters. The van der Waals surface area contributed by atoms with Crippen LogP contribution >= 0.6 is 0 Å². The van der Waals surface area contributed by atoms with Crippen molar-refractivity contribution in [1.29, 1.82) is 0 Å². The molecular formula is C19H18N4O2. The average molecular weight is 334 g/mol. The Hall–Kier alpha value is -3.41. The van der Waals surface area contributed by atoms with Gasteiger partial charge >= 0.3 is 0 Å². The van der Waals surface area contributed by atoms with E-state index < -0.39 is 0 Å². The highest BCUT2D eigenvalue weighted by molar-refractivity contribution is 6.03. The highest BCUT2D eigenvalue weighted by Crippen LogP contribution is 2.16. The molecule has 0 saturated carbocycles. The molecule has 2 heterocycles. The van der Waals surface area contributed by atoms with Crippen molar-refractivity contribution in [2.24, 2.45) is 0 Å². The molecule has 6 heteroatoms. The van der Waals surface area contributed by atoms with Crippen LogP contribution in [0.2, 0.25) is 0 Å². The molecule has 0 bridgehead atoms. The van der Waals surface area contributed by atoms with Gasteiger partial charge in [-0.1, -0.05) is 6.07 Å². The highest BCUT2D eigenvalue weighted by Gasteiger charge is 2.08. The number of hydrogen-bond donors (Lipinski definition) is 2. The zero-order valence-electron chi connectivity index (χ0n) is 13.8. The molecule has 0 fully saturated rings. The van der Waals surface area contributed by atoms with Crippen molar-refractivity contribution in [3.8, 4) is 5.75 Å². The van der Waals surface area contributed by atoms with Crippen molar-refractivity contribution < 1.29 is 9.53 Å². The SMILES string of the molecule is COc1ccc(NC(=O)c2cc(NCc3cccnc3)ccn2)cc1. The molecule has 3 rings (SSSR count). The third-order valence-corrected chi connectivity index (χ3v) is 3.56. The summed E-state index contributed by atoms with van der Waals surface area (Å²) in [5, 5.41) is 6.07. The number of amides is 1. The molecule has 2 N–H and O–H groups in total. The van der Waals surface area contributed by atoms with Crippen molar-refractivity contribution in [2.45, 2.75) is 6.54 Å². The minimum absolute atomic E-state index is 0.268. The van der Waals surface area contributed by atoms with Crippen LogP contribution in [0.5, 0.6) is 5.75 Å². The average Bonchev–Trinajstić information content (AvgIpc) is 2.68. The summed E-state index contributed by atoms with van der Waals surface area (Å²) >= 11 is 0. The van der Waals surface area contributed by atoms with Crippen LogP contribution in [0.3, 0.4) is 0 Å². The molecule has 1 aromatic carbocycles. The van der Waals surface area contributed by atoms with Crippen LogP contribution in [-0.2, 0) is 6.54 Å². The lowest BCUT2D eigenvalue weighted by Crippen LogP contribution is -2.14. The van der Waals surface area contributed by atoms with Crippen molar-refractivity contribution in [3.05, 3.63) is 78.4 Å². The van der Waals surface area contributed by atoms with Gasteiger partial charge in [0, 0.05) is 36.5 Å². The molecule has 2 aromatic heterocycles. The zero-order valence-corrected chi connectivity index (χ0v) is 13.8. The first-order valence-corrected chi connectivity index (χ1v) is 7.79. The number of aromatic nitrogens is 2. The van der Waals surface area contributed by atoms with E-state index >= 15 is 0 Å². The highest BCUT2D eigenvalue weighted by atomic mass is 16.5. The topological polar surface area (TPSA) is 76.1 Å². The molecule has 25 heavy (non-hydrogen) atoms.